The number of nitrogens with one attached hydrogen (secondary N) is 1. The van der Waals surface area contributed by atoms with Crippen molar-refractivity contribution in [1.82, 2.24) is 9.80 Å². The van der Waals surface area contributed by atoms with Crippen LogP contribution < -0.4 is 5.32 Å². The number of nitrogens with zero attached hydrogens (tertiary/aromatic N) is 2. The molecule has 1 fully saturated rings. The number of benzene rings is 1. The second-order valence-corrected chi connectivity index (χ2v) is 7.70. The van der Waals surface area contributed by atoms with Crippen LogP contribution in [0.25, 0.3) is 0 Å². The molecule has 7 heteroatoms. The van der Waals surface area contributed by atoms with Crippen LogP contribution in [0.2, 0.25) is 0 Å². The minimum atomic E-state index is -0.0213. The van der Waals surface area contributed by atoms with Gasteiger partial charge >= 0.3 is 0 Å². The van der Waals surface area contributed by atoms with Gasteiger partial charge in [-0.1, -0.05) is 18.2 Å². The summed E-state index contributed by atoms with van der Waals surface area (Å²) in [5.41, 5.74) is 0.807. The Kier molecular flexibility index (Phi) is 6.23. The van der Waals surface area contributed by atoms with E-state index >= 15 is 0 Å². The molecule has 1 N–H and O–H groups in total. The first-order chi connectivity index (χ1) is 12.1. The number of halogens is 1. The van der Waals surface area contributed by atoms with E-state index in [4.69, 9.17) is 0 Å². The normalized spacial score (nSPS) is 15.6. The number of hydrogen-bond acceptors (Lipinski definition) is 4. The van der Waals surface area contributed by atoms with Gasteiger partial charge in [0.25, 0.3) is 5.91 Å². The first-order valence-electron chi connectivity index (χ1n) is 8.23. The maximum absolute atomic E-state index is 12.6. The second-order valence-electron chi connectivity index (χ2n) is 5.93. The van der Waals surface area contributed by atoms with Gasteiger partial charge in [0, 0.05) is 36.3 Å². The van der Waals surface area contributed by atoms with Crippen molar-refractivity contribution in [3.8, 4) is 0 Å². The highest BCUT2D eigenvalue weighted by Gasteiger charge is 2.23. The van der Waals surface area contributed by atoms with Crippen LogP contribution in [0.15, 0.2) is 46.3 Å². The molecule has 1 saturated heterocycles. The summed E-state index contributed by atoms with van der Waals surface area (Å²) in [6.07, 6.45) is 0.868. The lowest BCUT2D eigenvalue weighted by Crippen LogP contribution is -2.37. The average Bonchev–Trinajstić information content (AvgIpc) is 2.89. The Hall–Kier alpha value is -1.70. The van der Waals surface area contributed by atoms with Crippen LogP contribution in [0.5, 0.6) is 0 Å². The third-order valence-electron chi connectivity index (χ3n) is 4.11. The van der Waals surface area contributed by atoms with Crippen molar-refractivity contribution in [2.45, 2.75) is 6.42 Å². The van der Waals surface area contributed by atoms with Gasteiger partial charge in [-0.05, 0) is 45.9 Å². The largest absolute Gasteiger partial charge is 0.337 e. The molecule has 0 aliphatic carbocycles. The number of rotatable bonds is 4. The molecule has 0 saturated carbocycles. The number of carbonyl (C=O) groups excluding carboxylic acids is 2. The van der Waals surface area contributed by atoms with Gasteiger partial charge in [0.2, 0.25) is 5.91 Å². The van der Waals surface area contributed by atoms with Crippen molar-refractivity contribution in [3.63, 3.8) is 0 Å². The minimum Gasteiger partial charge on any atom is -0.337 e. The number of hydrogen-bond donors (Lipinski definition) is 1. The van der Waals surface area contributed by atoms with E-state index < -0.39 is 0 Å². The first-order valence-corrected chi connectivity index (χ1v) is 9.90. The van der Waals surface area contributed by atoms with Gasteiger partial charge in [0.1, 0.15) is 4.88 Å². The molecular weight excluding hydrogens is 402 g/mol. The third kappa shape index (κ3) is 4.90. The van der Waals surface area contributed by atoms with E-state index in [0.29, 0.717) is 19.6 Å². The maximum Gasteiger partial charge on any atom is 0.265 e. The fourth-order valence-corrected chi connectivity index (χ4v) is 4.36. The predicted octanol–water partition coefficient (Wildman–Crippen LogP) is 3.30. The highest BCUT2D eigenvalue weighted by molar-refractivity contribution is 9.10. The Morgan fingerprint density at radius 3 is 2.60 bits per heavy atom. The Balaban J connectivity index is 1.52. The lowest BCUT2D eigenvalue weighted by Gasteiger charge is -2.21. The van der Waals surface area contributed by atoms with E-state index in [1.165, 1.54) is 11.3 Å². The number of para-hydroxylation sites is 1. The fraction of sp³-hybridized carbons (Fsp3) is 0.333. The summed E-state index contributed by atoms with van der Waals surface area (Å²) in [4.78, 5) is 29.5. The molecule has 2 aromatic rings. The Morgan fingerprint density at radius 1 is 1.08 bits per heavy atom. The summed E-state index contributed by atoms with van der Waals surface area (Å²) in [5.74, 6) is 0.0458. The second kappa shape index (κ2) is 8.60. The fourth-order valence-electron chi connectivity index (χ4n) is 2.85. The smallest absolute Gasteiger partial charge is 0.265 e. The zero-order valence-corrected chi connectivity index (χ0v) is 16.2. The molecule has 2 amide bonds. The topological polar surface area (TPSA) is 52.7 Å². The number of thiophene rings is 1. The standard InChI is InChI=1S/C18H20BrN3O2S/c19-15-7-12-25-17(15)18(24)22-9-4-8-21(10-11-22)13-16(23)20-14-5-2-1-3-6-14/h1-3,5-7,12H,4,8-11,13H2,(H,20,23). The van der Waals surface area contributed by atoms with Crippen LogP contribution in [0, 0.1) is 0 Å². The first kappa shape index (κ1) is 18.1. The van der Waals surface area contributed by atoms with Gasteiger partial charge in [-0.3, -0.25) is 14.5 Å². The molecule has 1 aliphatic rings. The summed E-state index contributed by atoms with van der Waals surface area (Å²) >= 11 is 4.88. The quantitative estimate of drug-likeness (QED) is 0.823. The van der Waals surface area contributed by atoms with Crippen LogP contribution in [-0.4, -0.2) is 54.3 Å². The van der Waals surface area contributed by atoms with E-state index in [0.717, 1.165) is 34.5 Å². The van der Waals surface area contributed by atoms with Crippen molar-refractivity contribution in [3.05, 3.63) is 51.1 Å². The molecule has 0 bridgehead atoms. The van der Waals surface area contributed by atoms with Crippen LogP contribution in [0.3, 0.4) is 0 Å². The summed E-state index contributed by atoms with van der Waals surface area (Å²) in [7, 11) is 0. The van der Waals surface area contributed by atoms with Crippen molar-refractivity contribution < 1.29 is 9.59 Å². The van der Waals surface area contributed by atoms with Gasteiger partial charge in [-0.15, -0.1) is 11.3 Å². The highest BCUT2D eigenvalue weighted by Crippen LogP contribution is 2.24. The van der Waals surface area contributed by atoms with Crippen molar-refractivity contribution >= 4 is 44.8 Å². The number of carbonyl (C=O) groups is 2. The molecule has 5 nitrogen and oxygen atoms in total. The van der Waals surface area contributed by atoms with E-state index in [1.807, 2.05) is 46.7 Å². The van der Waals surface area contributed by atoms with Crippen molar-refractivity contribution in [2.75, 3.05) is 38.0 Å². The Morgan fingerprint density at radius 2 is 1.88 bits per heavy atom. The number of amides is 2. The third-order valence-corrected chi connectivity index (χ3v) is 5.94. The van der Waals surface area contributed by atoms with E-state index in [9.17, 15) is 9.59 Å². The molecule has 1 aromatic carbocycles. The Bertz CT molecular complexity index is 735. The minimum absolute atomic E-state index is 0.0213. The monoisotopic (exact) mass is 421 g/mol. The van der Waals surface area contributed by atoms with E-state index in [-0.39, 0.29) is 11.8 Å². The Labute approximate surface area is 159 Å². The molecule has 25 heavy (non-hydrogen) atoms. The summed E-state index contributed by atoms with van der Waals surface area (Å²) in [6, 6.07) is 11.4. The highest BCUT2D eigenvalue weighted by atomic mass is 79.9. The molecule has 1 aliphatic heterocycles. The summed E-state index contributed by atoms with van der Waals surface area (Å²) in [5, 5.41) is 4.82. The van der Waals surface area contributed by atoms with Crippen LogP contribution in [-0.2, 0) is 4.79 Å². The molecule has 2 heterocycles. The van der Waals surface area contributed by atoms with Gasteiger partial charge in [-0.2, -0.15) is 0 Å². The molecular formula is C18H20BrN3O2S. The van der Waals surface area contributed by atoms with Crippen molar-refractivity contribution in [1.29, 1.82) is 0 Å². The maximum atomic E-state index is 12.6. The van der Waals surface area contributed by atoms with E-state index in [1.54, 1.807) is 0 Å². The lowest BCUT2D eigenvalue weighted by atomic mass is 10.3. The van der Waals surface area contributed by atoms with Gasteiger partial charge in [0.05, 0.1) is 6.54 Å². The van der Waals surface area contributed by atoms with Gasteiger partial charge < -0.3 is 10.2 Å². The van der Waals surface area contributed by atoms with Crippen molar-refractivity contribution in [2.24, 2.45) is 0 Å². The van der Waals surface area contributed by atoms with Gasteiger partial charge in [0.15, 0.2) is 0 Å². The molecule has 132 valence electrons. The zero-order chi connectivity index (χ0) is 17.6. The average molecular weight is 422 g/mol. The molecule has 1 aromatic heterocycles. The van der Waals surface area contributed by atoms with Crippen LogP contribution in [0.1, 0.15) is 16.1 Å². The molecule has 0 unspecified atom stereocenters. The summed E-state index contributed by atoms with van der Waals surface area (Å²) in [6.45, 7) is 3.23. The molecule has 0 radical (unpaired) electrons. The van der Waals surface area contributed by atoms with Crippen LogP contribution in [0.4, 0.5) is 5.69 Å². The SMILES string of the molecule is O=C(CN1CCCN(C(=O)c2sccc2Br)CC1)Nc1ccccc1. The lowest BCUT2D eigenvalue weighted by molar-refractivity contribution is -0.117. The summed E-state index contributed by atoms with van der Waals surface area (Å²) < 4.78 is 0.853. The van der Waals surface area contributed by atoms with Gasteiger partial charge in [-0.25, -0.2) is 0 Å². The van der Waals surface area contributed by atoms with E-state index in [2.05, 4.69) is 26.1 Å². The molecule has 3 rings (SSSR count). The molecule has 0 atom stereocenters. The zero-order valence-electron chi connectivity index (χ0n) is 13.8. The van der Waals surface area contributed by atoms with Crippen LogP contribution >= 0.6 is 27.3 Å². The number of anilines is 1. The predicted molar refractivity (Wildman–Crippen MR) is 104 cm³/mol. The molecule has 0 spiro atoms.